The lowest BCUT2D eigenvalue weighted by atomic mass is 10.1. The summed E-state index contributed by atoms with van der Waals surface area (Å²) in [6.45, 7) is 5.31. The van der Waals surface area contributed by atoms with E-state index in [1.54, 1.807) is 30.5 Å². The number of aromatic nitrogens is 4. The standard InChI is InChI=1S/C23H24N6O3/c1-3-29-13-18(19(30)17-10-9-14(2)26-21(17)29)22(31)25-12-6-11-24-20-15-7-4-5-8-16(15)23(32)28-27-20/h4-5,7-10,13H,3,6,11-12H2,1-2H3,(H,24,27)(H,25,31)(H,28,32). The van der Waals surface area contributed by atoms with Gasteiger partial charge >= 0.3 is 0 Å². The number of nitrogens with zero attached hydrogens (tertiary/aromatic N) is 3. The van der Waals surface area contributed by atoms with Gasteiger partial charge in [-0.2, -0.15) is 5.10 Å². The third kappa shape index (κ3) is 4.09. The molecule has 0 aliphatic carbocycles. The summed E-state index contributed by atoms with van der Waals surface area (Å²) >= 11 is 0. The molecule has 1 aromatic carbocycles. The number of aryl methyl sites for hydroxylation is 2. The molecule has 0 unspecified atom stereocenters. The maximum absolute atomic E-state index is 12.8. The first-order valence-corrected chi connectivity index (χ1v) is 10.5. The van der Waals surface area contributed by atoms with Crippen molar-refractivity contribution >= 4 is 33.5 Å². The summed E-state index contributed by atoms with van der Waals surface area (Å²) in [5.41, 5.74) is 0.937. The zero-order valence-corrected chi connectivity index (χ0v) is 17.9. The first kappa shape index (κ1) is 21.2. The van der Waals surface area contributed by atoms with Gasteiger partial charge in [-0.1, -0.05) is 18.2 Å². The molecule has 4 aromatic rings. The van der Waals surface area contributed by atoms with Gasteiger partial charge < -0.3 is 15.2 Å². The Kier molecular flexibility index (Phi) is 5.98. The smallest absolute Gasteiger partial charge is 0.272 e. The van der Waals surface area contributed by atoms with Crippen molar-refractivity contribution in [2.45, 2.75) is 26.8 Å². The van der Waals surface area contributed by atoms with Crippen LogP contribution in [0.4, 0.5) is 5.82 Å². The summed E-state index contributed by atoms with van der Waals surface area (Å²) in [4.78, 5) is 41.8. The van der Waals surface area contributed by atoms with Gasteiger partial charge in [-0.05, 0) is 38.5 Å². The van der Waals surface area contributed by atoms with Gasteiger partial charge in [-0.25, -0.2) is 10.1 Å². The molecule has 0 spiro atoms. The second-order valence-corrected chi connectivity index (χ2v) is 7.46. The fourth-order valence-corrected chi connectivity index (χ4v) is 3.60. The molecule has 9 nitrogen and oxygen atoms in total. The van der Waals surface area contributed by atoms with Crippen molar-refractivity contribution in [3.8, 4) is 0 Å². The van der Waals surface area contributed by atoms with Crippen LogP contribution in [0.3, 0.4) is 0 Å². The third-order valence-electron chi connectivity index (χ3n) is 5.27. The van der Waals surface area contributed by atoms with Crippen molar-refractivity contribution in [3.63, 3.8) is 0 Å². The fraction of sp³-hybridized carbons (Fsp3) is 0.261. The third-order valence-corrected chi connectivity index (χ3v) is 5.27. The number of fused-ring (bicyclic) bond motifs is 2. The molecule has 0 atom stereocenters. The fourth-order valence-electron chi connectivity index (χ4n) is 3.60. The summed E-state index contributed by atoms with van der Waals surface area (Å²) in [5, 5.41) is 14.3. The average molecular weight is 432 g/mol. The summed E-state index contributed by atoms with van der Waals surface area (Å²) in [6, 6.07) is 10.7. The van der Waals surface area contributed by atoms with E-state index in [0.29, 0.717) is 48.3 Å². The highest BCUT2D eigenvalue weighted by Crippen LogP contribution is 2.16. The highest BCUT2D eigenvalue weighted by atomic mass is 16.2. The minimum Gasteiger partial charge on any atom is -0.368 e. The molecule has 0 saturated heterocycles. The van der Waals surface area contributed by atoms with Crippen LogP contribution in [0.25, 0.3) is 21.8 Å². The number of carbonyl (C=O) groups is 1. The topological polar surface area (TPSA) is 122 Å². The predicted octanol–water partition coefficient (Wildman–Crippen LogP) is 2.19. The molecule has 0 aliphatic heterocycles. The predicted molar refractivity (Wildman–Crippen MR) is 124 cm³/mol. The minimum absolute atomic E-state index is 0.103. The number of hydrogen-bond acceptors (Lipinski definition) is 6. The highest BCUT2D eigenvalue weighted by Gasteiger charge is 2.15. The number of amides is 1. The Bertz CT molecular complexity index is 1420. The maximum atomic E-state index is 12.8. The van der Waals surface area contributed by atoms with Crippen LogP contribution in [0.5, 0.6) is 0 Å². The Morgan fingerprint density at radius 1 is 1.06 bits per heavy atom. The van der Waals surface area contributed by atoms with Crippen LogP contribution in [0.2, 0.25) is 0 Å². The highest BCUT2D eigenvalue weighted by molar-refractivity contribution is 5.96. The van der Waals surface area contributed by atoms with E-state index in [1.165, 1.54) is 0 Å². The van der Waals surface area contributed by atoms with Crippen molar-refractivity contribution in [3.05, 3.63) is 74.4 Å². The van der Waals surface area contributed by atoms with Crippen LogP contribution in [0, 0.1) is 6.92 Å². The number of hydrogen-bond donors (Lipinski definition) is 3. The molecule has 4 rings (SSSR count). The van der Waals surface area contributed by atoms with E-state index in [4.69, 9.17) is 0 Å². The van der Waals surface area contributed by atoms with Crippen molar-refractivity contribution < 1.29 is 4.79 Å². The van der Waals surface area contributed by atoms with Crippen molar-refractivity contribution in [2.75, 3.05) is 18.4 Å². The summed E-state index contributed by atoms with van der Waals surface area (Å²) in [6.07, 6.45) is 2.18. The summed E-state index contributed by atoms with van der Waals surface area (Å²) in [7, 11) is 0. The second kappa shape index (κ2) is 9.01. The molecule has 164 valence electrons. The van der Waals surface area contributed by atoms with Gasteiger partial charge in [-0.15, -0.1) is 0 Å². The van der Waals surface area contributed by atoms with Crippen LogP contribution in [-0.4, -0.2) is 38.7 Å². The lowest BCUT2D eigenvalue weighted by Crippen LogP contribution is -2.31. The molecule has 0 aliphatic rings. The molecule has 0 fully saturated rings. The molecule has 9 heteroatoms. The van der Waals surface area contributed by atoms with E-state index >= 15 is 0 Å². The Labute approximate surface area is 183 Å². The number of aromatic amines is 1. The first-order chi connectivity index (χ1) is 15.5. The van der Waals surface area contributed by atoms with Crippen LogP contribution < -0.4 is 21.6 Å². The normalized spacial score (nSPS) is 11.1. The quantitative estimate of drug-likeness (QED) is 0.385. The van der Waals surface area contributed by atoms with Gasteiger partial charge in [-0.3, -0.25) is 14.4 Å². The number of carbonyl (C=O) groups excluding carboxylic acids is 1. The van der Waals surface area contributed by atoms with Crippen LogP contribution in [-0.2, 0) is 6.54 Å². The Hall–Kier alpha value is -4.01. The van der Waals surface area contributed by atoms with E-state index in [2.05, 4.69) is 25.8 Å². The molecule has 0 bridgehead atoms. The Morgan fingerprint density at radius 3 is 2.62 bits per heavy atom. The minimum atomic E-state index is -0.410. The molecular formula is C23H24N6O3. The van der Waals surface area contributed by atoms with E-state index in [1.807, 2.05) is 30.5 Å². The molecule has 3 N–H and O–H groups in total. The molecule has 0 saturated carbocycles. The van der Waals surface area contributed by atoms with Crippen LogP contribution in [0.15, 0.2) is 52.2 Å². The molecule has 0 radical (unpaired) electrons. The average Bonchev–Trinajstić information content (AvgIpc) is 2.80. The monoisotopic (exact) mass is 432 g/mol. The second-order valence-electron chi connectivity index (χ2n) is 7.46. The number of nitrogens with one attached hydrogen (secondary N) is 3. The van der Waals surface area contributed by atoms with Crippen LogP contribution in [0.1, 0.15) is 29.4 Å². The SMILES string of the molecule is CCn1cc(C(=O)NCCCNc2n[nH]c(=O)c3ccccc23)c(=O)c2ccc(C)nc21. The van der Waals surface area contributed by atoms with Crippen molar-refractivity contribution in [1.29, 1.82) is 0 Å². The Morgan fingerprint density at radius 2 is 1.84 bits per heavy atom. The summed E-state index contributed by atoms with van der Waals surface area (Å²) in [5.74, 6) is 0.168. The maximum Gasteiger partial charge on any atom is 0.272 e. The van der Waals surface area contributed by atoms with Gasteiger partial charge in [0, 0.05) is 36.9 Å². The van der Waals surface area contributed by atoms with Gasteiger partial charge in [0.05, 0.1) is 10.8 Å². The van der Waals surface area contributed by atoms with E-state index in [-0.39, 0.29) is 16.6 Å². The molecule has 32 heavy (non-hydrogen) atoms. The lowest BCUT2D eigenvalue weighted by molar-refractivity contribution is 0.0952. The number of pyridine rings is 2. The van der Waals surface area contributed by atoms with Crippen LogP contribution >= 0.6 is 0 Å². The van der Waals surface area contributed by atoms with E-state index in [0.717, 1.165) is 11.1 Å². The van der Waals surface area contributed by atoms with Crippen molar-refractivity contribution in [1.82, 2.24) is 25.1 Å². The van der Waals surface area contributed by atoms with Gasteiger partial charge in [0.1, 0.15) is 11.2 Å². The molecule has 1 amide bonds. The molecule has 3 aromatic heterocycles. The zero-order valence-electron chi connectivity index (χ0n) is 17.9. The van der Waals surface area contributed by atoms with E-state index < -0.39 is 5.91 Å². The number of benzene rings is 1. The molecule has 3 heterocycles. The first-order valence-electron chi connectivity index (χ1n) is 10.5. The lowest BCUT2D eigenvalue weighted by Gasteiger charge is -2.12. The number of rotatable bonds is 7. The number of H-pyrrole nitrogens is 1. The van der Waals surface area contributed by atoms with E-state index in [9.17, 15) is 14.4 Å². The van der Waals surface area contributed by atoms with Gasteiger partial charge in [0.25, 0.3) is 11.5 Å². The zero-order chi connectivity index (χ0) is 22.7. The number of anilines is 1. The summed E-state index contributed by atoms with van der Waals surface area (Å²) < 4.78 is 1.81. The Balaban J connectivity index is 1.41. The molecular weight excluding hydrogens is 408 g/mol. The van der Waals surface area contributed by atoms with Gasteiger partial charge in [0.15, 0.2) is 5.82 Å². The largest absolute Gasteiger partial charge is 0.368 e. The van der Waals surface area contributed by atoms with Crippen molar-refractivity contribution in [2.24, 2.45) is 0 Å². The van der Waals surface area contributed by atoms with Gasteiger partial charge in [0.2, 0.25) is 5.43 Å².